The topological polar surface area (TPSA) is 32.7 Å². The molecule has 0 amide bonds. The Hall–Kier alpha value is -0.643. The molecule has 0 aromatic rings. The van der Waals surface area contributed by atoms with Gasteiger partial charge in [-0.05, 0) is 11.8 Å². The normalized spacial score (nSPS) is 23.6. The molecule has 1 rings (SSSR count). The van der Waals surface area contributed by atoms with Crippen LogP contribution in [-0.2, 0) is 4.79 Å². The summed E-state index contributed by atoms with van der Waals surface area (Å²) in [5, 5.41) is 4.57. The lowest BCUT2D eigenvalue weighted by molar-refractivity contribution is -0.120. The second-order valence-electron chi connectivity index (χ2n) is 5.57. The average Bonchev–Trinajstić information content (AvgIpc) is 1.99. The molecule has 0 N–H and O–H groups in total. The highest BCUT2D eigenvalue weighted by molar-refractivity contribution is 6.52. The van der Waals surface area contributed by atoms with Gasteiger partial charge in [0.2, 0.25) is 0 Å². The van der Waals surface area contributed by atoms with Gasteiger partial charge in [0, 0.05) is 25.6 Å². The summed E-state index contributed by atoms with van der Waals surface area (Å²) in [5.74, 6) is 0.337. The zero-order valence-electron chi connectivity index (χ0n) is 10.5. The van der Waals surface area contributed by atoms with Gasteiger partial charge in [-0.1, -0.05) is 26.9 Å². The second kappa shape index (κ2) is 4.47. The van der Waals surface area contributed by atoms with Gasteiger partial charge in [0.25, 0.3) is 0 Å². The van der Waals surface area contributed by atoms with Crippen LogP contribution >= 0.6 is 0 Å². The monoisotopic (exact) mass is 226 g/mol. The fourth-order valence-corrected chi connectivity index (χ4v) is 2.30. The van der Waals surface area contributed by atoms with Crippen molar-refractivity contribution in [2.75, 3.05) is 7.05 Å². The number of carbonyl (C=O) groups excluding carboxylic acids is 1. The van der Waals surface area contributed by atoms with E-state index in [0.717, 1.165) is 12.1 Å². The summed E-state index contributed by atoms with van der Waals surface area (Å²) in [6, 6.07) is 0. The van der Waals surface area contributed by atoms with Crippen molar-refractivity contribution in [1.82, 2.24) is 4.67 Å². The molecule has 3 nitrogen and oxygen atoms in total. The predicted octanol–water partition coefficient (Wildman–Crippen LogP) is 2.04. The van der Waals surface area contributed by atoms with Crippen LogP contribution in [0.25, 0.3) is 0 Å². The number of ketones is 1. The van der Waals surface area contributed by atoms with Crippen molar-refractivity contribution in [1.29, 1.82) is 0 Å². The van der Waals surface area contributed by atoms with E-state index >= 15 is 0 Å². The maximum Gasteiger partial charge on any atom is 0.156 e. The van der Waals surface area contributed by atoms with Crippen LogP contribution in [0.4, 0.5) is 0 Å². The molecule has 1 saturated carbocycles. The van der Waals surface area contributed by atoms with Gasteiger partial charge in [-0.15, -0.1) is 0 Å². The SMILES string of the molecule is CN(N=C1CC(=O)CC(C)(C)C1)[SiH](C)C. The number of rotatable bonds is 2. The molecule has 1 fully saturated rings. The smallest absolute Gasteiger partial charge is 0.156 e. The third kappa shape index (κ3) is 3.78. The van der Waals surface area contributed by atoms with E-state index in [2.05, 4.69) is 36.7 Å². The fourth-order valence-electron chi connectivity index (χ4n) is 1.91. The molecule has 0 aromatic carbocycles. The van der Waals surface area contributed by atoms with Gasteiger partial charge in [0.05, 0.1) is 0 Å². The van der Waals surface area contributed by atoms with Crippen molar-refractivity contribution in [3.63, 3.8) is 0 Å². The van der Waals surface area contributed by atoms with Crippen LogP contribution in [0.15, 0.2) is 5.10 Å². The van der Waals surface area contributed by atoms with E-state index in [1.807, 2.05) is 7.05 Å². The fraction of sp³-hybridized carbons (Fsp3) is 0.818. The first-order valence-electron chi connectivity index (χ1n) is 5.61. The molecule has 0 atom stereocenters. The van der Waals surface area contributed by atoms with Gasteiger partial charge >= 0.3 is 0 Å². The number of nitrogens with zero attached hydrogens (tertiary/aromatic N) is 2. The second-order valence-corrected chi connectivity index (χ2v) is 8.50. The number of Topliss-reactive ketones (excluding diaryl/α,β-unsaturated/α-hetero) is 1. The zero-order valence-corrected chi connectivity index (χ0v) is 11.7. The maximum atomic E-state index is 11.6. The molecule has 0 heterocycles. The largest absolute Gasteiger partial charge is 0.331 e. The molecule has 86 valence electrons. The van der Waals surface area contributed by atoms with Crippen LogP contribution in [0, 0.1) is 5.41 Å². The minimum Gasteiger partial charge on any atom is -0.331 e. The van der Waals surface area contributed by atoms with E-state index < -0.39 is 8.96 Å². The molecule has 0 saturated heterocycles. The van der Waals surface area contributed by atoms with Gasteiger partial charge in [0.15, 0.2) is 8.96 Å². The third-order valence-electron chi connectivity index (χ3n) is 2.81. The molecular formula is C11H22N2OSi. The lowest BCUT2D eigenvalue weighted by atomic mass is 9.76. The molecule has 4 heteroatoms. The quantitative estimate of drug-likeness (QED) is 0.533. The van der Waals surface area contributed by atoms with Crippen LogP contribution in [-0.4, -0.2) is 32.2 Å². The van der Waals surface area contributed by atoms with E-state index in [-0.39, 0.29) is 5.41 Å². The summed E-state index contributed by atoms with van der Waals surface area (Å²) in [5.41, 5.74) is 1.17. The number of hydrogen-bond acceptors (Lipinski definition) is 3. The van der Waals surface area contributed by atoms with Crippen LogP contribution in [0.2, 0.25) is 13.1 Å². The minimum absolute atomic E-state index is 0.105. The minimum atomic E-state index is -0.864. The van der Waals surface area contributed by atoms with E-state index in [4.69, 9.17) is 0 Å². The van der Waals surface area contributed by atoms with Gasteiger partial charge in [-0.2, -0.15) is 5.10 Å². The summed E-state index contributed by atoms with van der Waals surface area (Å²) in [7, 11) is 1.16. The lowest BCUT2D eigenvalue weighted by Gasteiger charge is -2.30. The van der Waals surface area contributed by atoms with Gasteiger partial charge in [-0.25, -0.2) is 0 Å². The van der Waals surface area contributed by atoms with Crippen LogP contribution < -0.4 is 0 Å². The van der Waals surface area contributed by atoms with Crippen molar-refractivity contribution >= 4 is 20.5 Å². The van der Waals surface area contributed by atoms with Crippen LogP contribution in [0.5, 0.6) is 0 Å². The molecule has 0 aliphatic heterocycles. The number of hydrogen-bond donors (Lipinski definition) is 0. The average molecular weight is 226 g/mol. The molecule has 0 bridgehead atoms. The van der Waals surface area contributed by atoms with E-state index in [1.54, 1.807) is 0 Å². The van der Waals surface area contributed by atoms with Crippen molar-refractivity contribution in [3.8, 4) is 0 Å². The van der Waals surface area contributed by atoms with Crippen molar-refractivity contribution in [3.05, 3.63) is 0 Å². The maximum absolute atomic E-state index is 11.6. The molecule has 0 spiro atoms. The van der Waals surface area contributed by atoms with Gasteiger partial charge in [-0.3, -0.25) is 4.79 Å². The third-order valence-corrected chi connectivity index (χ3v) is 4.42. The standard InChI is InChI=1S/C11H22N2OSi/c1-11(2)7-9(6-10(14)8-11)12-13(3)15(4)5/h15H,6-8H2,1-5H3. The summed E-state index contributed by atoms with van der Waals surface area (Å²) in [6.07, 6.45) is 2.23. The Balaban J connectivity index is 2.74. The molecule has 1 aliphatic carbocycles. The Kier molecular flexibility index (Phi) is 3.70. The summed E-state index contributed by atoms with van der Waals surface area (Å²) < 4.78 is 2.07. The molecule has 0 unspecified atom stereocenters. The number of carbonyl (C=O) groups is 1. The first-order valence-corrected chi connectivity index (χ1v) is 8.43. The summed E-state index contributed by atoms with van der Waals surface area (Å²) in [6.45, 7) is 8.76. The Morgan fingerprint density at radius 2 is 1.93 bits per heavy atom. The van der Waals surface area contributed by atoms with Crippen molar-refractivity contribution < 1.29 is 4.79 Å². The summed E-state index contributed by atoms with van der Waals surface area (Å²) >= 11 is 0. The first kappa shape index (κ1) is 12.4. The summed E-state index contributed by atoms with van der Waals surface area (Å²) in [4.78, 5) is 11.6. The van der Waals surface area contributed by atoms with E-state index in [9.17, 15) is 4.79 Å². The molecule has 0 radical (unpaired) electrons. The van der Waals surface area contributed by atoms with Crippen molar-refractivity contribution in [2.24, 2.45) is 10.5 Å². The van der Waals surface area contributed by atoms with Crippen LogP contribution in [0.1, 0.15) is 33.1 Å². The Morgan fingerprint density at radius 1 is 1.33 bits per heavy atom. The molecule has 0 aromatic heterocycles. The molecular weight excluding hydrogens is 204 g/mol. The highest BCUT2D eigenvalue weighted by Gasteiger charge is 2.30. The van der Waals surface area contributed by atoms with Gasteiger partial charge in [0.1, 0.15) is 5.78 Å². The Morgan fingerprint density at radius 3 is 2.40 bits per heavy atom. The highest BCUT2D eigenvalue weighted by atomic mass is 28.3. The number of hydrazone groups is 1. The Labute approximate surface area is 94.2 Å². The zero-order chi connectivity index (χ0) is 11.6. The Bertz CT molecular complexity index is 284. The van der Waals surface area contributed by atoms with Crippen molar-refractivity contribution in [2.45, 2.75) is 46.2 Å². The van der Waals surface area contributed by atoms with Crippen LogP contribution in [0.3, 0.4) is 0 Å². The molecule has 1 aliphatic rings. The van der Waals surface area contributed by atoms with E-state index in [1.165, 1.54) is 0 Å². The first-order chi connectivity index (χ1) is 6.80. The van der Waals surface area contributed by atoms with E-state index in [0.29, 0.717) is 18.6 Å². The predicted molar refractivity (Wildman–Crippen MR) is 66.7 cm³/mol. The lowest BCUT2D eigenvalue weighted by Crippen LogP contribution is -2.33. The molecule has 15 heavy (non-hydrogen) atoms. The van der Waals surface area contributed by atoms with Gasteiger partial charge < -0.3 is 4.67 Å². The highest BCUT2D eigenvalue weighted by Crippen LogP contribution is 2.31.